The number of para-hydroxylation sites is 1. The zero-order valence-electron chi connectivity index (χ0n) is 13.9. The third-order valence-corrected chi connectivity index (χ3v) is 5.65. The van der Waals surface area contributed by atoms with Gasteiger partial charge < -0.3 is 10.6 Å². The maximum absolute atomic E-state index is 12.6. The summed E-state index contributed by atoms with van der Waals surface area (Å²) >= 11 is 1.45. The molecule has 0 aromatic heterocycles. The maximum Gasteiger partial charge on any atom is 0.238 e. The van der Waals surface area contributed by atoms with Crippen LogP contribution in [-0.2, 0) is 9.59 Å². The molecule has 0 radical (unpaired) electrons. The predicted octanol–water partition coefficient (Wildman–Crippen LogP) is 3.99. The number of aryl methyl sites for hydroxylation is 2. The lowest BCUT2D eigenvalue weighted by Gasteiger charge is -2.27. The van der Waals surface area contributed by atoms with Crippen LogP contribution in [-0.4, -0.2) is 17.1 Å². The van der Waals surface area contributed by atoms with Gasteiger partial charge in [-0.2, -0.15) is 0 Å². The van der Waals surface area contributed by atoms with Crippen molar-refractivity contribution in [3.63, 3.8) is 0 Å². The molecule has 0 aliphatic carbocycles. The zero-order valence-corrected chi connectivity index (χ0v) is 14.7. The number of thioether (sulfide) groups is 1. The molecular formula is C19H20N2O2S. The second-order valence-electron chi connectivity index (χ2n) is 6.12. The van der Waals surface area contributed by atoms with Crippen LogP contribution in [0.15, 0.2) is 47.4 Å². The molecule has 2 aromatic carbocycles. The molecule has 0 fully saturated rings. The van der Waals surface area contributed by atoms with E-state index in [-0.39, 0.29) is 11.8 Å². The number of benzene rings is 2. The van der Waals surface area contributed by atoms with Gasteiger partial charge in [0.1, 0.15) is 0 Å². The second-order valence-corrected chi connectivity index (χ2v) is 7.30. The third kappa shape index (κ3) is 3.31. The van der Waals surface area contributed by atoms with Crippen molar-refractivity contribution in [3.05, 3.63) is 53.6 Å². The Labute approximate surface area is 146 Å². The van der Waals surface area contributed by atoms with Crippen LogP contribution in [0.4, 0.5) is 11.4 Å². The average Bonchev–Trinajstić information content (AvgIpc) is 2.56. The van der Waals surface area contributed by atoms with Crippen LogP contribution in [0.25, 0.3) is 0 Å². The van der Waals surface area contributed by atoms with Gasteiger partial charge in [0.2, 0.25) is 11.8 Å². The minimum Gasteiger partial charge on any atom is -0.326 e. The fraction of sp³-hybridized carbons (Fsp3) is 0.263. The quantitative estimate of drug-likeness (QED) is 0.888. The molecular weight excluding hydrogens is 320 g/mol. The Balaban J connectivity index is 1.75. The summed E-state index contributed by atoms with van der Waals surface area (Å²) in [5.74, 6) is -0.708. The Morgan fingerprint density at radius 1 is 1.21 bits per heavy atom. The van der Waals surface area contributed by atoms with Crippen molar-refractivity contribution in [2.45, 2.75) is 30.9 Å². The molecule has 124 valence electrons. The van der Waals surface area contributed by atoms with Crippen LogP contribution in [0.2, 0.25) is 0 Å². The molecule has 2 amide bonds. The van der Waals surface area contributed by atoms with Crippen molar-refractivity contribution in [1.82, 2.24) is 0 Å². The van der Waals surface area contributed by atoms with Crippen LogP contribution in [0.1, 0.15) is 18.1 Å². The van der Waals surface area contributed by atoms with Crippen LogP contribution >= 0.6 is 11.8 Å². The molecule has 24 heavy (non-hydrogen) atoms. The van der Waals surface area contributed by atoms with Crippen molar-refractivity contribution in [2.24, 2.45) is 5.92 Å². The largest absolute Gasteiger partial charge is 0.326 e. The molecule has 2 atom stereocenters. The molecule has 0 spiro atoms. The predicted molar refractivity (Wildman–Crippen MR) is 98.4 cm³/mol. The number of anilines is 2. The zero-order chi connectivity index (χ0) is 17.3. The van der Waals surface area contributed by atoms with E-state index >= 15 is 0 Å². The smallest absolute Gasteiger partial charge is 0.238 e. The van der Waals surface area contributed by atoms with E-state index in [1.165, 1.54) is 11.8 Å². The summed E-state index contributed by atoms with van der Waals surface area (Å²) < 4.78 is 0. The van der Waals surface area contributed by atoms with Gasteiger partial charge in [-0.1, -0.05) is 36.8 Å². The number of carbonyl (C=O) groups excluding carboxylic acids is 2. The second kappa shape index (κ2) is 6.69. The first-order valence-corrected chi connectivity index (χ1v) is 8.78. The lowest BCUT2D eigenvalue weighted by molar-refractivity contribution is -0.123. The first-order valence-electron chi connectivity index (χ1n) is 7.90. The summed E-state index contributed by atoms with van der Waals surface area (Å²) in [5, 5.41) is 5.40. The topological polar surface area (TPSA) is 58.2 Å². The van der Waals surface area contributed by atoms with E-state index in [2.05, 4.69) is 10.6 Å². The van der Waals surface area contributed by atoms with E-state index in [1.54, 1.807) is 6.92 Å². The number of nitrogens with one attached hydrogen (secondary N) is 2. The van der Waals surface area contributed by atoms with E-state index in [0.29, 0.717) is 0 Å². The Hall–Kier alpha value is -2.27. The van der Waals surface area contributed by atoms with Gasteiger partial charge >= 0.3 is 0 Å². The number of amides is 2. The number of fused-ring (bicyclic) bond motifs is 1. The normalized spacial score (nSPS) is 17.6. The van der Waals surface area contributed by atoms with Crippen molar-refractivity contribution >= 4 is 35.0 Å². The summed E-state index contributed by atoms with van der Waals surface area (Å²) in [6, 6.07) is 13.5. The van der Waals surface area contributed by atoms with E-state index < -0.39 is 11.2 Å². The standard InChI is InChI=1S/C19H20N2O2S/c1-11-8-9-14(12(2)10-11)20-18(22)13(3)17-19(23)21-15-6-4-5-7-16(15)24-17/h4-10,13,17H,1-3H3,(H,20,22)(H,21,23)/t13-,17-/m0/s1. The molecule has 0 unspecified atom stereocenters. The summed E-state index contributed by atoms with van der Waals surface area (Å²) in [5.41, 5.74) is 3.77. The summed E-state index contributed by atoms with van der Waals surface area (Å²) in [6.45, 7) is 5.78. The highest BCUT2D eigenvalue weighted by atomic mass is 32.2. The number of hydrogen-bond acceptors (Lipinski definition) is 3. The first kappa shape index (κ1) is 16.6. The Morgan fingerprint density at radius 2 is 1.96 bits per heavy atom. The van der Waals surface area contributed by atoms with E-state index in [9.17, 15) is 9.59 Å². The van der Waals surface area contributed by atoms with E-state index in [1.807, 2.05) is 56.3 Å². The lowest BCUT2D eigenvalue weighted by atomic mass is 10.0. The maximum atomic E-state index is 12.6. The fourth-order valence-corrected chi connectivity index (χ4v) is 3.90. The van der Waals surface area contributed by atoms with Crippen molar-refractivity contribution in [1.29, 1.82) is 0 Å². The van der Waals surface area contributed by atoms with Gasteiger partial charge in [-0.05, 0) is 37.6 Å². The molecule has 0 saturated carbocycles. The molecule has 5 heteroatoms. The lowest BCUT2D eigenvalue weighted by Crippen LogP contribution is -2.39. The van der Waals surface area contributed by atoms with Crippen molar-refractivity contribution in [2.75, 3.05) is 10.6 Å². The highest BCUT2D eigenvalue weighted by Gasteiger charge is 2.35. The number of hydrogen-bond donors (Lipinski definition) is 2. The number of carbonyl (C=O) groups is 2. The highest BCUT2D eigenvalue weighted by molar-refractivity contribution is 8.01. The fourth-order valence-electron chi connectivity index (χ4n) is 2.73. The van der Waals surface area contributed by atoms with E-state index in [4.69, 9.17) is 0 Å². The van der Waals surface area contributed by atoms with Crippen molar-refractivity contribution in [3.8, 4) is 0 Å². The molecule has 3 rings (SSSR count). The SMILES string of the molecule is Cc1ccc(NC(=O)[C@@H](C)[C@@H]2Sc3ccccc3NC2=O)c(C)c1. The van der Waals surface area contributed by atoms with E-state index in [0.717, 1.165) is 27.4 Å². The molecule has 1 aliphatic rings. The van der Waals surface area contributed by atoms with Crippen LogP contribution < -0.4 is 10.6 Å². The van der Waals surface area contributed by atoms with Gasteiger partial charge in [-0.15, -0.1) is 11.8 Å². The van der Waals surface area contributed by atoms with Gasteiger partial charge in [-0.25, -0.2) is 0 Å². The molecule has 2 aromatic rings. The number of rotatable bonds is 3. The van der Waals surface area contributed by atoms with Gasteiger partial charge in [0.25, 0.3) is 0 Å². The first-order chi connectivity index (χ1) is 11.5. The Bertz CT molecular complexity index is 804. The minimum atomic E-state index is -0.441. The van der Waals surface area contributed by atoms with Gasteiger partial charge in [0.15, 0.2) is 0 Å². The van der Waals surface area contributed by atoms with Crippen LogP contribution in [0.3, 0.4) is 0 Å². The Kier molecular flexibility index (Phi) is 4.62. The summed E-state index contributed by atoms with van der Waals surface area (Å²) in [7, 11) is 0. The monoisotopic (exact) mass is 340 g/mol. The average molecular weight is 340 g/mol. The van der Waals surface area contributed by atoms with Gasteiger partial charge in [0.05, 0.1) is 16.9 Å². The summed E-state index contributed by atoms with van der Waals surface area (Å²) in [6.07, 6.45) is 0. The summed E-state index contributed by atoms with van der Waals surface area (Å²) in [4.78, 5) is 26.0. The molecule has 0 saturated heterocycles. The molecule has 4 nitrogen and oxygen atoms in total. The van der Waals surface area contributed by atoms with Gasteiger partial charge in [0, 0.05) is 10.6 Å². The Morgan fingerprint density at radius 3 is 2.71 bits per heavy atom. The molecule has 1 heterocycles. The molecule has 0 bridgehead atoms. The van der Waals surface area contributed by atoms with Crippen LogP contribution in [0.5, 0.6) is 0 Å². The third-order valence-electron chi connectivity index (χ3n) is 4.16. The molecule has 2 N–H and O–H groups in total. The van der Waals surface area contributed by atoms with Gasteiger partial charge in [-0.3, -0.25) is 9.59 Å². The van der Waals surface area contributed by atoms with Crippen LogP contribution in [0, 0.1) is 19.8 Å². The highest BCUT2D eigenvalue weighted by Crippen LogP contribution is 2.38. The van der Waals surface area contributed by atoms with Crippen molar-refractivity contribution < 1.29 is 9.59 Å². The molecule has 1 aliphatic heterocycles. The minimum absolute atomic E-state index is 0.123.